The molecule has 0 bridgehead atoms. The van der Waals surface area contributed by atoms with E-state index in [-0.39, 0.29) is 0 Å². The first-order valence-electron chi connectivity index (χ1n) is 10.2. The monoisotopic (exact) mass is 383 g/mol. The van der Waals surface area contributed by atoms with E-state index in [1.807, 2.05) is 24.9 Å². The Bertz CT molecular complexity index is 799. The molecule has 0 aromatic carbocycles. The van der Waals surface area contributed by atoms with Gasteiger partial charge >= 0.3 is 0 Å². The molecule has 28 heavy (non-hydrogen) atoms. The summed E-state index contributed by atoms with van der Waals surface area (Å²) in [6.45, 7) is 11.8. The average Bonchev–Trinajstić information content (AvgIpc) is 2.93. The lowest BCUT2D eigenvalue weighted by atomic mass is 10.1. The molecule has 1 aliphatic rings. The van der Waals surface area contributed by atoms with Gasteiger partial charge in [0, 0.05) is 50.2 Å². The predicted molar refractivity (Wildman–Crippen MR) is 115 cm³/mol. The second kappa shape index (κ2) is 9.08. The second-order valence-electron chi connectivity index (χ2n) is 7.57. The molecule has 0 atom stereocenters. The number of rotatable bonds is 5. The Hall–Kier alpha value is -2.57. The van der Waals surface area contributed by atoms with Gasteiger partial charge in [0.05, 0.1) is 12.2 Å². The molecule has 1 saturated heterocycles. The summed E-state index contributed by atoms with van der Waals surface area (Å²) in [5.41, 5.74) is 4.64. The van der Waals surface area contributed by atoms with E-state index in [1.54, 1.807) is 0 Å². The summed E-state index contributed by atoms with van der Waals surface area (Å²) in [6.07, 6.45) is 4.09. The molecule has 0 unspecified atom stereocenters. The van der Waals surface area contributed by atoms with E-state index < -0.39 is 0 Å². The molecule has 0 aliphatic carbocycles. The van der Waals surface area contributed by atoms with Gasteiger partial charge in [-0.25, -0.2) is 9.98 Å². The number of piperidine rings is 1. The van der Waals surface area contributed by atoms with Crippen LogP contribution in [0.2, 0.25) is 0 Å². The highest BCUT2D eigenvalue weighted by molar-refractivity contribution is 5.80. The first-order valence-corrected chi connectivity index (χ1v) is 10.2. The van der Waals surface area contributed by atoms with Gasteiger partial charge in [0.25, 0.3) is 0 Å². The van der Waals surface area contributed by atoms with E-state index >= 15 is 0 Å². The first-order chi connectivity index (χ1) is 13.5. The Kier molecular flexibility index (Phi) is 6.54. The summed E-state index contributed by atoms with van der Waals surface area (Å²) >= 11 is 0. The van der Waals surface area contributed by atoms with E-state index in [2.05, 4.69) is 58.5 Å². The summed E-state index contributed by atoms with van der Waals surface area (Å²) in [7, 11) is 1.98. The van der Waals surface area contributed by atoms with Crippen LogP contribution in [0, 0.1) is 20.8 Å². The van der Waals surface area contributed by atoms with E-state index in [9.17, 15) is 0 Å². The molecule has 1 fully saturated rings. The summed E-state index contributed by atoms with van der Waals surface area (Å²) in [5.74, 6) is 1.96. The van der Waals surface area contributed by atoms with Crippen LogP contribution in [-0.4, -0.2) is 46.4 Å². The highest BCUT2D eigenvalue weighted by atomic mass is 15.3. The van der Waals surface area contributed by atoms with Crippen LogP contribution in [-0.2, 0) is 13.6 Å². The van der Waals surface area contributed by atoms with Crippen LogP contribution in [0.5, 0.6) is 0 Å². The molecule has 0 radical (unpaired) electrons. The maximum absolute atomic E-state index is 4.81. The van der Waals surface area contributed by atoms with Crippen molar-refractivity contribution in [1.82, 2.24) is 25.4 Å². The minimum atomic E-state index is 0.426. The number of nitrogens with zero attached hydrogens (tertiary/aromatic N) is 5. The zero-order valence-electron chi connectivity index (χ0n) is 17.8. The lowest BCUT2D eigenvalue weighted by Crippen LogP contribution is -2.48. The number of hydrogen-bond acceptors (Lipinski definition) is 4. The molecule has 2 aromatic heterocycles. The maximum Gasteiger partial charge on any atom is 0.191 e. The van der Waals surface area contributed by atoms with Gasteiger partial charge < -0.3 is 15.5 Å². The van der Waals surface area contributed by atoms with Crippen LogP contribution in [0.15, 0.2) is 23.3 Å². The van der Waals surface area contributed by atoms with Gasteiger partial charge in [-0.15, -0.1) is 0 Å². The fraction of sp³-hybridized carbons (Fsp3) is 0.571. The largest absolute Gasteiger partial charge is 0.357 e. The normalized spacial score (nSPS) is 15.8. The van der Waals surface area contributed by atoms with Gasteiger partial charge in [0.1, 0.15) is 5.82 Å². The zero-order valence-corrected chi connectivity index (χ0v) is 17.8. The van der Waals surface area contributed by atoms with Gasteiger partial charge in [0.15, 0.2) is 5.96 Å². The molecule has 0 spiro atoms. The quantitative estimate of drug-likeness (QED) is 0.613. The van der Waals surface area contributed by atoms with Crippen molar-refractivity contribution in [3.8, 4) is 0 Å². The molecule has 2 N–H and O–H groups in total. The number of guanidine groups is 1. The Labute approximate surface area is 168 Å². The van der Waals surface area contributed by atoms with Crippen LogP contribution in [0.3, 0.4) is 0 Å². The predicted octanol–water partition coefficient (Wildman–Crippen LogP) is 2.46. The number of aromatic nitrogens is 3. The third kappa shape index (κ3) is 4.82. The van der Waals surface area contributed by atoms with Gasteiger partial charge in [-0.1, -0.05) is 6.07 Å². The van der Waals surface area contributed by atoms with Crippen molar-refractivity contribution in [2.24, 2.45) is 12.0 Å². The van der Waals surface area contributed by atoms with Crippen molar-refractivity contribution >= 4 is 11.8 Å². The average molecular weight is 384 g/mol. The molecule has 3 heterocycles. The fourth-order valence-corrected chi connectivity index (χ4v) is 3.62. The van der Waals surface area contributed by atoms with E-state index in [0.717, 1.165) is 49.9 Å². The lowest BCUT2D eigenvalue weighted by Gasteiger charge is -2.33. The zero-order chi connectivity index (χ0) is 20.1. The van der Waals surface area contributed by atoms with E-state index in [1.165, 1.54) is 16.8 Å². The molecule has 2 aromatic rings. The van der Waals surface area contributed by atoms with Crippen molar-refractivity contribution in [3.05, 3.63) is 40.8 Å². The molecule has 7 nitrogen and oxygen atoms in total. The Morgan fingerprint density at radius 3 is 2.54 bits per heavy atom. The van der Waals surface area contributed by atoms with E-state index in [4.69, 9.17) is 4.99 Å². The van der Waals surface area contributed by atoms with Gasteiger partial charge in [-0.3, -0.25) is 4.68 Å². The van der Waals surface area contributed by atoms with Crippen molar-refractivity contribution in [2.75, 3.05) is 24.5 Å². The topological polar surface area (TPSA) is 70.4 Å². The lowest BCUT2D eigenvalue weighted by molar-refractivity contribution is 0.459. The van der Waals surface area contributed by atoms with Crippen LogP contribution in [0.1, 0.15) is 42.3 Å². The molecule has 0 amide bonds. The molecule has 3 rings (SSSR count). The number of aryl methyl sites for hydroxylation is 3. The molecule has 1 aliphatic heterocycles. The van der Waals surface area contributed by atoms with Crippen molar-refractivity contribution < 1.29 is 0 Å². The summed E-state index contributed by atoms with van der Waals surface area (Å²) in [5, 5.41) is 11.5. The number of nitrogens with one attached hydrogen (secondary N) is 2. The smallest absolute Gasteiger partial charge is 0.191 e. The molecular formula is C21H33N7. The summed E-state index contributed by atoms with van der Waals surface area (Å²) in [6, 6.07) is 4.67. The van der Waals surface area contributed by atoms with Crippen LogP contribution in [0.4, 0.5) is 5.82 Å². The van der Waals surface area contributed by atoms with Gasteiger partial charge in [-0.2, -0.15) is 5.10 Å². The Morgan fingerprint density at radius 1 is 1.21 bits per heavy atom. The maximum atomic E-state index is 4.81. The van der Waals surface area contributed by atoms with Crippen LogP contribution < -0.4 is 15.5 Å². The van der Waals surface area contributed by atoms with Crippen LogP contribution in [0.25, 0.3) is 0 Å². The molecule has 0 saturated carbocycles. The third-order valence-electron chi connectivity index (χ3n) is 5.45. The minimum Gasteiger partial charge on any atom is -0.357 e. The standard InChI is InChI=1S/C21H33N7/c1-6-22-21(24-14-19-16(3)26-27(5)17(19)4)25-18-9-11-28(12-10-18)20-8-7-15(2)13-23-20/h7-8,13,18H,6,9-12,14H2,1-5H3,(H2,22,24,25). The van der Waals surface area contributed by atoms with Crippen molar-refractivity contribution in [2.45, 2.75) is 53.1 Å². The SMILES string of the molecule is CCNC(=NCc1c(C)nn(C)c1C)NC1CCN(c2ccc(C)cn2)CC1. The van der Waals surface area contributed by atoms with Crippen molar-refractivity contribution in [3.63, 3.8) is 0 Å². The summed E-state index contributed by atoms with van der Waals surface area (Å²) < 4.78 is 1.93. The third-order valence-corrected chi connectivity index (χ3v) is 5.45. The number of hydrogen-bond donors (Lipinski definition) is 2. The number of anilines is 1. The Balaban J connectivity index is 1.58. The molecule has 152 valence electrons. The van der Waals surface area contributed by atoms with Crippen LogP contribution >= 0.6 is 0 Å². The minimum absolute atomic E-state index is 0.426. The number of pyridine rings is 1. The second-order valence-corrected chi connectivity index (χ2v) is 7.57. The highest BCUT2D eigenvalue weighted by Gasteiger charge is 2.21. The molecule has 7 heteroatoms. The van der Waals surface area contributed by atoms with Crippen molar-refractivity contribution in [1.29, 1.82) is 0 Å². The fourth-order valence-electron chi connectivity index (χ4n) is 3.62. The van der Waals surface area contributed by atoms with E-state index in [0.29, 0.717) is 12.6 Å². The Morgan fingerprint density at radius 2 is 1.96 bits per heavy atom. The number of aliphatic imine (C=N–C) groups is 1. The highest BCUT2D eigenvalue weighted by Crippen LogP contribution is 2.18. The van der Waals surface area contributed by atoms with Gasteiger partial charge in [0.2, 0.25) is 0 Å². The summed E-state index contributed by atoms with van der Waals surface area (Å²) in [4.78, 5) is 11.7. The van der Waals surface area contributed by atoms with Gasteiger partial charge in [-0.05, 0) is 52.2 Å². The first kappa shape index (κ1) is 20.2. The molecular weight excluding hydrogens is 350 g/mol.